The van der Waals surface area contributed by atoms with Crippen LogP contribution in [-0.4, -0.2) is 19.2 Å². The number of nitrogens with zero attached hydrogens (tertiary/aromatic N) is 1. The minimum Gasteiger partial charge on any atom is -0.497 e. The van der Waals surface area contributed by atoms with Crippen molar-refractivity contribution in [1.82, 2.24) is 4.98 Å². The molecule has 0 bridgehead atoms. The molecule has 0 saturated carbocycles. The summed E-state index contributed by atoms with van der Waals surface area (Å²) in [7, 11) is 3.36. The topological polar surface area (TPSA) is 31.4 Å². The van der Waals surface area contributed by atoms with Crippen LogP contribution in [0.25, 0.3) is 22.3 Å². The Kier molecular flexibility index (Phi) is 4.52. The second-order valence-corrected chi connectivity index (χ2v) is 5.73. The largest absolute Gasteiger partial charge is 0.497 e. The van der Waals surface area contributed by atoms with Crippen LogP contribution in [0.15, 0.2) is 54.7 Å². The molecule has 0 amide bonds. The van der Waals surface area contributed by atoms with E-state index in [9.17, 15) is 0 Å². The molecule has 24 heavy (non-hydrogen) atoms. The predicted molar refractivity (Wildman–Crippen MR) is 97.7 cm³/mol. The van der Waals surface area contributed by atoms with Crippen molar-refractivity contribution in [1.29, 1.82) is 0 Å². The number of benzene rings is 2. The molecule has 0 radical (unpaired) electrons. The Hall–Kier alpha value is -2.81. The van der Waals surface area contributed by atoms with Crippen molar-refractivity contribution in [2.75, 3.05) is 14.2 Å². The first-order valence-corrected chi connectivity index (χ1v) is 7.89. The number of methoxy groups -OCH3 is 2. The summed E-state index contributed by atoms with van der Waals surface area (Å²) in [5, 5.41) is 0. The van der Waals surface area contributed by atoms with E-state index in [4.69, 9.17) is 9.47 Å². The Balaban J connectivity index is 2.19. The molecular formula is C21H21NO2. The lowest BCUT2D eigenvalue weighted by atomic mass is 9.91. The number of hydrogen-bond donors (Lipinski definition) is 0. The van der Waals surface area contributed by atoms with Crippen LogP contribution in [0.3, 0.4) is 0 Å². The highest BCUT2D eigenvalue weighted by atomic mass is 16.5. The monoisotopic (exact) mass is 319 g/mol. The van der Waals surface area contributed by atoms with Gasteiger partial charge in [0.1, 0.15) is 11.5 Å². The van der Waals surface area contributed by atoms with Crippen molar-refractivity contribution in [3.63, 3.8) is 0 Å². The zero-order valence-electron chi connectivity index (χ0n) is 14.5. The van der Waals surface area contributed by atoms with Gasteiger partial charge in [-0.3, -0.25) is 4.98 Å². The summed E-state index contributed by atoms with van der Waals surface area (Å²) in [6, 6.07) is 16.3. The summed E-state index contributed by atoms with van der Waals surface area (Å²) in [6.07, 6.45) is 1.93. The molecule has 0 saturated heterocycles. The molecule has 1 heterocycles. The normalized spacial score (nSPS) is 10.5. The van der Waals surface area contributed by atoms with E-state index >= 15 is 0 Å². The zero-order chi connectivity index (χ0) is 17.1. The Morgan fingerprint density at radius 1 is 0.667 bits per heavy atom. The predicted octanol–water partition coefficient (Wildman–Crippen LogP) is 5.05. The van der Waals surface area contributed by atoms with E-state index < -0.39 is 0 Å². The third kappa shape index (κ3) is 2.98. The van der Waals surface area contributed by atoms with E-state index in [0.717, 1.165) is 39.4 Å². The summed E-state index contributed by atoms with van der Waals surface area (Å²) in [4.78, 5) is 4.56. The fourth-order valence-electron chi connectivity index (χ4n) is 2.94. The Labute approximate surface area is 142 Å². The van der Waals surface area contributed by atoms with Gasteiger partial charge in [-0.05, 0) is 60.4 Å². The van der Waals surface area contributed by atoms with Crippen LogP contribution < -0.4 is 9.47 Å². The number of aryl methyl sites for hydroxylation is 2. The van der Waals surface area contributed by atoms with E-state index in [0.29, 0.717) is 0 Å². The summed E-state index contributed by atoms with van der Waals surface area (Å²) < 4.78 is 10.5. The molecule has 0 aliphatic heterocycles. The summed E-state index contributed by atoms with van der Waals surface area (Å²) in [5.74, 6) is 1.70. The lowest BCUT2D eigenvalue weighted by Gasteiger charge is -2.16. The van der Waals surface area contributed by atoms with E-state index in [1.54, 1.807) is 14.2 Å². The first-order chi connectivity index (χ1) is 11.6. The molecule has 0 fully saturated rings. The molecule has 3 heteroatoms. The number of pyridine rings is 1. The number of hydrogen-bond acceptors (Lipinski definition) is 3. The third-order valence-electron chi connectivity index (χ3n) is 4.22. The average molecular weight is 319 g/mol. The third-order valence-corrected chi connectivity index (χ3v) is 4.22. The highest BCUT2D eigenvalue weighted by Crippen LogP contribution is 2.37. The Bertz CT molecular complexity index is 764. The van der Waals surface area contributed by atoms with Crippen molar-refractivity contribution in [2.45, 2.75) is 13.8 Å². The highest BCUT2D eigenvalue weighted by Gasteiger charge is 2.14. The fraction of sp³-hybridized carbons (Fsp3) is 0.190. The van der Waals surface area contributed by atoms with Crippen LogP contribution in [-0.2, 0) is 0 Å². The molecule has 1 aromatic heterocycles. The molecule has 0 N–H and O–H groups in total. The van der Waals surface area contributed by atoms with Gasteiger partial charge in [-0.2, -0.15) is 0 Å². The van der Waals surface area contributed by atoms with Crippen LogP contribution in [0.2, 0.25) is 0 Å². The fourth-order valence-corrected chi connectivity index (χ4v) is 2.94. The minimum atomic E-state index is 0.850. The molecular weight excluding hydrogens is 298 g/mol. The van der Waals surface area contributed by atoms with Crippen LogP contribution >= 0.6 is 0 Å². The van der Waals surface area contributed by atoms with Gasteiger partial charge < -0.3 is 9.47 Å². The lowest BCUT2D eigenvalue weighted by molar-refractivity contribution is 0.414. The Morgan fingerprint density at radius 3 is 1.58 bits per heavy atom. The molecule has 3 rings (SSSR count). The molecule has 3 aromatic rings. The Morgan fingerprint density at radius 2 is 1.12 bits per heavy atom. The van der Waals surface area contributed by atoms with Crippen molar-refractivity contribution in [2.24, 2.45) is 0 Å². The molecule has 0 aliphatic rings. The SMILES string of the molecule is COc1ccc(-c2c(C)cnc(C)c2-c2ccc(OC)cc2)cc1. The molecule has 0 atom stereocenters. The van der Waals surface area contributed by atoms with Gasteiger partial charge in [0.15, 0.2) is 0 Å². The van der Waals surface area contributed by atoms with Crippen LogP contribution in [0.1, 0.15) is 11.3 Å². The number of aromatic nitrogens is 1. The number of rotatable bonds is 4. The second kappa shape index (κ2) is 6.75. The first kappa shape index (κ1) is 16.1. The molecule has 122 valence electrons. The maximum atomic E-state index is 5.27. The minimum absolute atomic E-state index is 0.850. The van der Waals surface area contributed by atoms with Gasteiger partial charge in [0.2, 0.25) is 0 Å². The van der Waals surface area contributed by atoms with Crippen LogP contribution in [0.4, 0.5) is 0 Å². The van der Waals surface area contributed by atoms with Crippen molar-refractivity contribution in [3.8, 4) is 33.8 Å². The standard InChI is InChI=1S/C21H21NO2/c1-14-13-22-15(2)21(17-7-11-19(24-4)12-8-17)20(14)16-5-9-18(23-3)10-6-16/h5-13H,1-4H3. The zero-order valence-corrected chi connectivity index (χ0v) is 14.5. The molecule has 0 aliphatic carbocycles. The molecule has 2 aromatic carbocycles. The van der Waals surface area contributed by atoms with Gasteiger partial charge in [0, 0.05) is 17.5 Å². The average Bonchev–Trinajstić information content (AvgIpc) is 2.63. The maximum absolute atomic E-state index is 5.27. The summed E-state index contributed by atoms with van der Waals surface area (Å²) >= 11 is 0. The second-order valence-electron chi connectivity index (χ2n) is 5.73. The van der Waals surface area contributed by atoms with E-state index in [2.05, 4.69) is 36.2 Å². The quantitative estimate of drug-likeness (QED) is 0.674. The van der Waals surface area contributed by atoms with Gasteiger partial charge in [-0.1, -0.05) is 24.3 Å². The van der Waals surface area contributed by atoms with Gasteiger partial charge in [-0.25, -0.2) is 0 Å². The van der Waals surface area contributed by atoms with E-state index in [1.165, 1.54) is 5.56 Å². The summed E-state index contributed by atoms with van der Waals surface area (Å²) in [6.45, 7) is 4.14. The van der Waals surface area contributed by atoms with Crippen LogP contribution in [0.5, 0.6) is 11.5 Å². The lowest BCUT2D eigenvalue weighted by Crippen LogP contribution is -1.96. The smallest absolute Gasteiger partial charge is 0.118 e. The van der Waals surface area contributed by atoms with Gasteiger partial charge in [-0.15, -0.1) is 0 Å². The highest BCUT2D eigenvalue weighted by molar-refractivity contribution is 5.87. The van der Waals surface area contributed by atoms with Crippen molar-refractivity contribution >= 4 is 0 Å². The van der Waals surface area contributed by atoms with Crippen LogP contribution in [0, 0.1) is 13.8 Å². The van der Waals surface area contributed by atoms with Crippen molar-refractivity contribution in [3.05, 3.63) is 66.0 Å². The van der Waals surface area contributed by atoms with Gasteiger partial charge in [0.25, 0.3) is 0 Å². The van der Waals surface area contributed by atoms with Crippen molar-refractivity contribution < 1.29 is 9.47 Å². The maximum Gasteiger partial charge on any atom is 0.118 e. The van der Waals surface area contributed by atoms with Gasteiger partial charge >= 0.3 is 0 Å². The van der Waals surface area contributed by atoms with Gasteiger partial charge in [0.05, 0.1) is 14.2 Å². The number of ether oxygens (including phenoxy) is 2. The van der Waals surface area contributed by atoms with E-state index in [1.807, 2.05) is 37.4 Å². The molecule has 3 nitrogen and oxygen atoms in total. The molecule has 0 unspecified atom stereocenters. The summed E-state index contributed by atoms with van der Waals surface area (Å²) in [5.41, 5.74) is 6.81. The van der Waals surface area contributed by atoms with E-state index in [-0.39, 0.29) is 0 Å². The first-order valence-electron chi connectivity index (χ1n) is 7.89. The molecule has 0 spiro atoms.